The maximum atomic E-state index is 13.7. The standard InChI is InChI=1S/C34H32ClN5O/c1-4-40-32-26(19-30(33(40)41)29-14-11-25(20-31(29)35)28-8-6-5-7-22(28)2)21-36-34(38-32)37-27-12-9-23(10-13-27)24-15-17-39(3)18-16-24/h5-15,19-21H,4,16-18H2,1-3H3,(H,36,37,38). The van der Waals surface area contributed by atoms with Crippen molar-refractivity contribution in [1.29, 1.82) is 0 Å². The molecule has 5 aromatic rings. The summed E-state index contributed by atoms with van der Waals surface area (Å²) >= 11 is 6.77. The van der Waals surface area contributed by atoms with Crippen molar-refractivity contribution in [1.82, 2.24) is 19.4 Å². The zero-order valence-corrected chi connectivity index (χ0v) is 24.2. The van der Waals surface area contributed by atoms with Crippen LogP contribution < -0.4 is 10.9 Å². The number of benzene rings is 3. The molecule has 0 aliphatic carbocycles. The summed E-state index contributed by atoms with van der Waals surface area (Å²) in [6.45, 7) is 6.54. The molecular formula is C34H32ClN5O. The van der Waals surface area contributed by atoms with Crippen molar-refractivity contribution in [3.63, 3.8) is 0 Å². The van der Waals surface area contributed by atoms with Crippen LogP contribution in [0.4, 0.5) is 11.6 Å². The first kappa shape index (κ1) is 26.9. The number of anilines is 2. The van der Waals surface area contributed by atoms with Crippen LogP contribution in [-0.2, 0) is 6.54 Å². The van der Waals surface area contributed by atoms with Gasteiger partial charge in [-0.2, -0.15) is 4.98 Å². The van der Waals surface area contributed by atoms with Crippen LogP contribution in [0.3, 0.4) is 0 Å². The van der Waals surface area contributed by atoms with Gasteiger partial charge in [0, 0.05) is 53.1 Å². The van der Waals surface area contributed by atoms with E-state index in [0.717, 1.165) is 41.7 Å². The van der Waals surface area contributed by atoms with Gasteiger partial charge in [0.15, 0.2) is 0 Å². The minimum Gasteiger partial charge on any atom is -0.324 e. The lowest BCUT2D eigenvalue weighted by Gasteiger charge is -2.22. The van der Waals surface area contributed by atoms with E-state index in [1.807, 2.05) is 55.5 Å². The van der Waals surface area contributed by atoms with Crippen LogP contribution in [0.1, 0.15) is 24.5 Å². The van der Waals surface area contributed by atoms with Gasteiger partial charge in [-0.3, -0.25) is 9.36 Å². The topological polar surface area (TPSA) is 63.1 Å². The SMILES string of the molecule is CCn1c(=O)c(-c2ccc(-c3ccccc3C)cc2Cl)cc2cnc(Nc3ccc(C4=CCN(C)CC4)cc3)nc21. The zero-order chi connectivity index (χ0) is 28.5. The molecule has 1 aliphatic rings. The van der Waals surface area contributed by atoms with Gasteiger partial charge in [-0.05, 0) is 79.4 Å². The minimum absolute atomic E-state index is 0.133. The molecule has 0 amide bonds. The van der Waals surface area contributed by atoms with Gasteiger partial charge in [0.05, 0.1) is 0 Å². The number of halogens is 1. The van der Waals surface area contributed by atoms with Crippen molar-refractivity contribution in [2.45, 2.75) is 26.8 Å². The van der Waals surface area contributed by atoms with E-state index >= 15 is 0 Å². The van der Waals surface area contributed by atoms with Crippen LogP contribution in [0.2, 0.25) is 5.02 Å². The summed E-state index contributed by atoms with van der Waals surface area (Å²) in [4.78, 5) is 25.3. The Morgan fingerprint density at radius 3 is 2.44 bits per heavy atom. The molecule has 6 rings (SSSR count). The van der Waals surface area contributed by atoms with E-state index in [-0.39, 0.29) is 5.56 Å². The fraction of sp³-hybridized carbons (Fsp3) is 0.206. The van der Waals surface area contributed by atoms with Crippen LogP contribution in [0.25, 0.3) is 38.9 Å². The minimum atomic E-state index is -0.133. The molecule has 0 fully saturated rings. The first-order chi connectivity index (χ1) is 19.9. The van der Waals surface area contributed by atoms with Crippen molar-refractivity contribution in [2.24, 2.45) is 0 Å². The van der Waals surface area contributed by atoms with E-state index in [9.17, 15) is 4.79 Å². The van der Waals surface area contributed by atoms with E-state index in [4.69, 9.17) is 16.6 Å². The summed E-state index contributed by atoms with van der Waals surface area (Å²) in [6, 6.07) is 24.2. The van der Waals surface area contributed by atoms with Gasteiger partial charge in [0.2, 0.25) is 5.95 Å². The Balaban J connectivity index is 1.30. The number of likely N-dealkylation sites (N-methyl/N-ethyl adjacent to an activating group) is 1. The summed E-state index contributed by atoms with van der Waals surface area (Å²) in [5, 5.41) is 4.60. The highest BCUT2D eigenvalue weighted by molar-refractivity contribution is 6.33. The molecule has 1 N–H and O–H groups in total. The Kier molecular flexibility index (Phi) is 7.43. The second-order valence-corrected chi connectivity index (χ2v) is 10.9. The van der Waals surface area contributed by atoms with E-state index in [2.05, 4.69) is 59.5 Å². The third-order valence-corrected chi connectivity index (χ3v) is 8.10. The number of aryl methyl sites for hydroxylation is 2. The third-order valence-electron chi connectivity index (χ3n) is 7.78. The molecule has 1 aliphatic heterocycles. The molecule has 0 radical (unpaired) electrons. The fourth-order valence-corrected chi connectivity index (χ4v) is 5.72. The normalized spacial score (nSPS) is 13.8. The highest BCUT2D eigenvalue weighted by Crippen LogP contribution is 2.33. The van der Waals surface area contributed by atoms with Gasteiger partial charge in [0.25, 0.3) is 5.56 Å². The number of aromatic nitrogens is 3. The van der Waals surface area contributed by atoms with Gasteiger partial charge in [-0.25, -0.2) is 4.98 Å². The van der Waals surface area contributed by atoms with Gasteiger partial charge in [-0.1, -0.05) is 66.2 Å². The van der Waals surface area contributed by atoms with Crippen molar-refractivity contribution < 1.29 is 0 Å². The maximum absolute atomic E-state index is 13.7. The molecular weight excluding hydrogens is 530 g/mol. The maximum Gasteiger partial charge on any atom is 0.260 e. The van der Waals surface area contributed by atoms with Crippen LogP contribution in [-0.4, -0.2) is 39.6 Å². The van der Waals surface area contributed by atoms with E-state index < -0.39 is 0 Å². The van der Waals surface area contributed by atoms with Crippen LogP contribution >= 0.6 is 11.6 Å². The number of nitrogens with one attached hydrogen (secondary N) is 1. The Morgan fingerprint density at radius 1 is 0.951 bits per heavy atom. The Labute approximate surface area is 245 Å². The van der Waals surface area contributed by atoms with Crippen LogP contribution in [0, 0.1) is 6.92 Å². The average Bonchev–Trinajstić information content (AvgIpc) is 2.98. The number of hydrogen-bond donors (Lipinski definition) is 1. The van der Waals surface area contributed by atoms with E-state index in [0.29, 0.717) is 34.3 Å². The monoisotopic (exact) mass is 561 g/mol. The number of nitrogens with zero attached hydrogens (tertiary/aromatic N) is 4. The zero-order valence-electron chi connectivity index (χ0n) is 23.5. The Hall–Kier alpha value is -4.26. The molecule has 206 valence electrons. The third kappa shape index (κ3) is 5.41. The lowest BCUT2D eigenvalue weighted by Crippen LogP contribution is -2.23. The largest absolute Gasteiger partial charge is 0.324 e. The first-order valence-corrected chi connectivity index (χ1v) is 14.3. The molecule has 6 nitrogen and oxygen atoms in total. The molecule has 41 heavy (non-hydrogen) atoms. The number of hydrogen-bond acceptors (Lipinski definition) is 5. The molecule has 0 bridgehead atoms. The number of fused-ring (bicyclic) bond motifs is 1. The van der Waals surface area contributed by atoms with Gasteiger partial charge < -0.3 is 10.2 Å². The molecule has 0 saturated heterocycles. The van der Waals surface area contributed by atoms with Crippen molar-refractivity contribution in [2.75, 3.05) is 25.5 Å². The molecule has 0 unspecified atom stereocenters. The number of pyridine rings is 1. The molecule has 3 heterocycles. The summed E-state index contributed by atoms with van der Waals surface area (Å²) in [5.74, 6) is 0.443. The second-order valence-electron chi connectivity index (χ2n) is 10.5. The molecule has 0 spiro atoms. The highest BCUT2D eigenvalue weighted by Gasteiger charge is 2.16. The van der Waals surface area contributed by atoms with E-state index in [1.165, 1.54) is 16.7 Å². The molecule has 2 aromatic heterocycles. The average molecular weight is 562 g/mol. The second kappa shape index (κ2) is 11.3. The number of rotatable bonds is 6. The van der Waals surface area contributed by atoms with E-state index in [1.54, 1.807) is 10.8 Å². The van der Waals surface area contributed by atoms with Crippen molar-refractivity contribution >= 4 is 39.8 Å². The van der Waals surface area contributed by atoms with Gasteiger partial charge in [0.1, 0.15) is 5.65 Å². The summed E-state index contributed by atoms with van der Waals surface area (Å²) in [5.41, 5.74) is 8.49. The predicted octanol–water partition coefficient (Wildman–Crippen LogP) is 7.57. The van der Waals surface area contributed by atoms with Crippen molar-refractivity contribution in [3.05, 3.63) is 112 Å². The lowest BCUT2D eigenvalue weighted by atomic mass is 9.97. The van der Waals surface area contributed by atoms with Crippen molar-refractivity contribution in [3.8, 4) is 22.3 Å². The Morgan fingerprint density at radius 2 is 1.73 bits per heavy atom. The molecule has 0 saturated carbocycles. The molecule has 3 aromatic carbocycles. The Bertz CT molecular complexity index is 1840. The summed E-state index contributed by atoms with van der Waals surface area (Å²) in [6.07, 6.45) is 5.10. The van der Waals surface area contributed by atoms with Crippen LogP contribution in [0.5, 0.6) is 0 Å². The quantitative estimate of drug-likeness (QED) is 0.232. The fourth-order valence-electron chi connectivity index (χ4n) is 5.43. The lowest BCUT2D eigenvalue weighted by molar-refractivity contribution is 0.370. The van der Waals surface area contributed by atoms with Crippen LogP contribution in [0.15, 0.2) is 89.9 Å². The predicted molar refractivity (Wildman–Crippen MR) is 170 cm³/mol. The summed E-state index contributed by atoms with van der Waals surface area (Å²) < 4.78 is 1.68. The van der Waals surface area contributed by atoms with Gasteiger partial charge in [-0.15, -0.1) is 0 Å². The first-order valence-electron chi connectivity index (χ1n) is 13.9. The van der Waals surface area contributed by atoms with Gasteiger partial charge >= 0.3 is 0 Å². The summed E-state index contributed by atoms with van der Waals surface area (Å²) in [7, 11) is 2.14. The molecule has 0 atom stereocenters. The highest BCUT2D eigenvalue weighted by atomic mass is 35.5. The smallest absolute Gasteiger partial charge is 0.260 e. The molecule has 7 heteroatoms.